The van der Waals surface area contributed by atoms with Crippen LogP contribution < -0.4 is 10.2 Å². The molecule has 2 aromatic carbocycles. The molecule has 1 N–H and O–H groups in total. The Morgan fingerprint density at radius 2 is 1.88 bits per heavy atom. The summed E-state index contributed by atoms with van der Waals surface area (Å²) in [6, 6.07) is 9.15. The lowest BCUT2D eigenvalue weighted by atomic mass is 10.2. The van der Waals surface area contributed by atoms with Crippen molar-refractivity contribution in [2.75, 3.05) is 16.8 Å². The summed E-state index contributed by atoms with van der Waals surface area (Å²) < 4.78 is 13.3. The van der Waals surface area contributed by atoms with Crippen molar-refractivity contribution in [1.82, 2.24) is 0 Å². The number of hydrogen-bond acceptors (Lipinski definition) is 2. The van der Waals surface area contributed by atoms with Crippen molar-refractivity contribution >= 4 is 46.4 Å². The summed E-state index contributed by atoms with van der Waals surface area (Å²) >= 11 is 11.6. The number of rotatable bonds is 5. The topological polar surface area (TPSA) is 49.4 Å². The Balaban J connectivity index is 2.04. The number of benzene rings is 2. The van der Waals surface area contributed by atoms with Crippen molar-refractivity contribution in [3.63, 3.8) is 0 Å². The molecule has 4 nitrogen and oxygen atoms in total. The fourth-order valence-corrected chi connectivity index (χ4v) is 2.72. The molecule has 0 saturated carbocycles. The van der Waals surface area contributed by atoms with E-state index in [1.54, 1.807) is 18.2 Å². The lowest BCUT2D eigenvalue weighted by molar-refractivity contribution is -0.117. The molecule has 132 valence electrons. The predicted octanol–water partition coefficient (Wildman–Crippen LogP) is 4.82. The number of halogens is 3. The number of carbonyl (C=O) groups is 2. The van der Waals surface area contributed by atoms with Crippen LogP contribution >= 0.6 is 23.2 Å². The third-order valence-corrected chi connectivity index (χ3v) is 4.14. The highest BCUT2D eigenvalue weighted by atomic mass is 35.5. The Morgan fingerprint density at radius 1 is 1.16 bits per heavy atom. The molecular weight excluding hydrogens is 366 g/mol. The van der Waals surface area contributed by atoms with Crippen LogP contribution in [-0.2, 0) is 9.59 Å². The molecular formula is C18H17Cl2FN2O2. The summed E-state index contributed by atoms with van der Waals surface area (Å²) in [7, 11) is 0. The molecule has 2 rings (SSSR count). The van der Waals surface area contributed by atoms with E-state index < -0.39 is 5.82 Å². The van der Waals surface area contributed by atoms with Gasteiger partial charge in [-0.15, -0.1) is 0 Å². The number of carbonyl (C=O) groups excluding carboxylic acids is 2. The highest BCUT2D eigenvalue weighted by Gasteiger charge is 2.15. The molecule has 0 atom stereocenters. The van der Waals surface area contributed by atoms with Crippen LogP contribution in [0.15, 0.2) is 36.4 Å². The molecule has 0 radical (unpaired) electrons. The van der Waals surface area contributed by atoms with Crippen LogP contribution in [-0.4, -0.2) is 18.4 Å². The van der Waals surface area contributed by atoms with Crippen LogP contribution in [0.5, 0.6) is 0 Å². The molecule has 0 fully saturated rings. The van der Waals surface area contributed by atoms with Gasteiger partial charge in [0.15, 0.2) is 0 Å². The van der Waals surface area contributed by atoms with E-state index in [-0.39, 0.29) is 29.8 Å². The van der Waals surface area contributed by atoms with Crippen LogP contribution in [0.2, 0.25) is 10.0 Å². The normalized spacial score (nSPS) is 10.4. The summed E-state index contributed by atoms with van der Waals surface area (Å²) in [5.74, 6) is -1.08. The molecule has 0 aliphatic carbocycles. The van der Waals surface area contributed by atoms with Gasteiger partial charge in [0.2, 0.25) is 11.8 Å². The molecule has 25 heavy (non-hydrogen) atoms. The van der Waals surface area contributed by atoms with E-state index in [1.165, 1.54) is 30.0 Å². The standard InChI is InChI=1S/C18H17Cl2FN2O2/c1-11-9-13(19)3-6-17(11)22-18(25)7-8-23(12(2)24)14-4-5-16(21)15(20)10-14/h3-6,9-10H,7-8H2,1-2H3,(H,22,25). The minimum absolute atomic E-state index is 0.0787. The third kappa shape index (κ3) is 5.18. The average Bonchev–Trinajstić information content (AvgIpc) is 2.53. The van der Waals surface area contributed by atoms with Crippen molar-refractivity contribution in [3.05, 3.63) is 57.8 Å². The molecule has 2 aromatic rings. The van der Waals surface area contributed by atoms with Crippen LogP contribution in [0.3, 0.4) is 0 Å². The highest BCUT2D eigenvalue weighted by Crippen LogP contribution is 2.23. The summed E-state index contributed by atoms with van der Waals surface area (Å²) in [6.45, 7) is 3.36. The van der Waals surface area contributed by atoms with Gasteiger partial charge >= 0.3 is 0 Å². The summed E-state index contributed by atoms with van der Waals surface area (Å²) in [5, 5.41) is 3.29. The number of hydrogen-bond donors (Lipinski definition) is 1. The maximum Gasteiger partial charge on any atom is 0.226 e. The predicted molar refractivity (Wildman–Crippen MR) is 98.9 cm³/mol. The maximum absolute atomic E-state index is 13.3. The van der Waals surface area contributed by atoms with Crippen LogP contribution in [0.1, 0.15) is 18.9 Å². The van der Waals surface area contributed by atoms with Crippen LogP contribution in [0.25, 0.3) is 0 Å². The first-order valence-corrected chi connectivity index (χ1v) is 8.32. The van der Waals surface area contributed by atoms with Crippen molar-refractivity contribution in [2.24, 2.45) is 0 Å². The Kier molecular flexibility index (Phi) is 6.39. The monoisotopic (exact) mass is 382 g/mol. The first-order chi connectivity index (χ1) is 11.8. The fraction of sp³-hybridized carbons (Fsp3) is 0.222. The van der Waals surface area contributed by atoms with Gasteiger partial charge in [0, 0.05) is 36.3 Å². The van der Waals surface area contributed by atoms with E-state index in [0.29, 0.717) is 16.4 Å². The molecule has 0 aromatic heterocycles. The number of nitrogens with one attached hydrogen (secondary N) is 1. The molecule has 0 aliphatic heterocycles. The minimum Gasteiger partial charge on any atom is -0.326 e. The minimum atomic E-state index is -0.565. The van der Waals surface area contributed by atoms with E-state index >= 15 is 0 Å². The maximum atomic E-state index is 13.3. The smallest absolute Gasteiger partial charge is 0.226 e. The first-order valence-electron chi connectivity index (χ1n) is 7.57. The van der Waals surface area contributed by atoms with Gasteiger partial charge in [-0.3, -0.25) is 9.59 Å². The molecule has 0 saturated heterocycles. The Labute approximate surface area is 155 Å². The summed E-state index contributed by atoms with van der Waals surface area (Å²) in [5.41, 5.74) is 1.94. The molecule has 7 heteroatoms. The molecule has 0 unspecified atom stereocenters. The summed E-state index contributed by atoms with van der Waals surface area (Å²) in [6.07, 6.45) is 0.0800. The van der Waals surface area contributed by atoms with Gasteiger partial charge in [-0.05, 0) is 48.9 Å². The second kappa shape index (κ2) is 8.32. The zero-order valence-corrected chi connectivity index (χ0v) is 15.3. The van der Waals surface area contributed by atoms with Gasteiger partial charge in [-0.2, -0.15) is 0 Å². The first kappa shape index (κ1) is 19.2. The second-order valence-corrected chi connectivity index (χ2v) is 6.37. The Morgan fingerprint density at radius 3 is 2.48 bits per heavy atom. The number of aryl methyl sites for hydroxylation is 1. The van der Waals surface area contributed by atoms with E-state index in [9.17, 15) is 14.0 Å². The van der Waals surface area contributed by atoms with Crippen LogP contribution in [0.4, 0.5) is 15.8 Å². The van der Waals surface area contributed by atoms with Crippen molar-refractivity contribution in [1.29, 1.82) is 0 Å². The molecule has 0 spiro atoms. The lowest BCUT2D eigenvalue weighted by Crippen LogP contribution is -2.32. The zero-order chi connectivity index (χ0) is 18.6. The zero-order valence-electron chi connectivity index (χ0n) is 13.8. The van der Waals surface area contributed by atoms with Gasteiger partial charge in [-0.1, -0.05) is 23.2 Å². The van der Waals surface area contributed by atoms with E-state index in [4.69, 9.17) is 23.2 Å². The number of nitrogens with zero attached hydrogens (tertiary/aromatic N) is 1. The van der Waals surface area contributed by atoms with Gasteiger partial charge < -0.3 is 10.2 Å². The molecule has 0 aliphatic rings. The summed E-state index contributed by atoms with van der Waals surface area (Å²) in [4.78, 5) is 25.4. The van der Waals surface area contributed by atoms with Crippen LogP contribution in [0, 0.1) is 12.7 Å². The Bertz CT molecular complexity index is 812. The highest BCUT2D eigenvalue weighted by molar-refractivity contribution is 6.31. The van der Waals surface area contributed by atoms with Crippen molar-refractivity contribution in [3.8, 4) is 0 Å². The number of amides is 2. The van der Waals surface area contributed by atoms with Crippen molar-refractivity contribution in [2.45, 2.75) is 20.3 Å². The van der Waals surface area contributed by atoms with Gasteiger partial charge in [0.25, 0.3) is 0 Å². The van der Waals surface area contributed by atoms with E-state index in [1.807, 2.05) is 6.92 Å². The van der Waals surface area contributed by atoms with Gasteiger partial charge in [0.1, 0.15) is 5.82 Å². The quantitative estimate of drug-likeness (QED) is 0.805. The Hall–Kier alpha value is -2.11. The molecule has 0 bridgehead atoms. The second-order valence-electron chi connectivity index (χ2n) is 5.53. The van der Waals surface area contributed by atoms with E-state index in [2.05, 4.69) is 5.32 Å². The van der Waals surface area contributed by atoms with E-state index in [0.717, 1.165) is 5.56 Å². The van der Waals surface area contributed by atoms with Crippen molar-refractivity contribution < 1.29 is 14.0 Å². The largest absolute Gasteiger partial charge is 0.326 e. The number of anilines is 2. The SMILES string of the molecule is CC(=O)N(CCC(=O)Nc1ccc(Cl)cc1C)c1ccc(F)c(Cl)c1. The van der Waals surface area contributed by atoms with Gasteiger partial charge in [0.05, 0.1) is 5.02 Å². The van der Waals surface area contributed by atoms with Gasteiger partial charge in [-0.25, -0.2) is 4.39 Å². The third-order valence-electron chi connectivity index (χ3n) is 3.62. The molecule has 0 heterocycles. The lowest BCUT2D eigenvalue weighted by Gasteiger charge is -2.21. The average molecular weight is 383 g/mol. The molecule has 2 amide bonds. The fourth-order valence-electron chi connectivity index (χ4n) is 2.31.